The van der Waals surface area contributed by atoms with Crippen LogP contribution in [0, 0.1) is 11.7 Å². The van der Waals surface area contributed by atoms with Gasteiger partial charge in [-0.05, 0) is 68.0 Å². The standard InChI is InChI=1S/C22H27FN2O/c23-21-8-4-7-20(16-21)15-19-10-13-25(14-11-19)17-22(26)24-12-9-18-5-2-1-3-6-18/h1-8,16,19H,9-15,17H2,(H,24,26). The van der Waals surface area contributed by atoms with Crippen LogP contribution in [0.15, 0.2) is 54.6 Å². The molecule has 0 radical (unpaired) electrons. The number of rotatable bonds is 7. The molecule has 0 unspecified atom stereocenters. The summed E-state index contributed by atoms with van der Waals surface area (Å²) in [5.41, 5.74) is 2.31. The van der Waals surface area contributed by atoms with E-state index in [4.69, 9.17) is 0 Å². The average Bonchev–Trinajstić information content (AvgIpc) is 2.64. The van der Waals surface area contributed by atoms with E-state index in [9.17, 15) is 9.18 Å². The van der Waals surface area contributed by atoms with Gasteiger partial charge >= 0.3 is 0 Å². The van der Waals surface area contributed by atoms with E-state index in [1.807, 2.05) is 24.3 Å². The second-order valence-electron chi connectivity index (χ2n) is 7.14. The van der Waals surface area contributed by atoms with Gasteiger partial charge in [0.15, 0.2) is 0 Å². The van der Waals surface area contributed by atoms with Crippen LogP contribution in [0.1, 0.15) is 24.0 Å². The third kappa shape index (κ3) is 5.95. The Hall–Kier alpha value is -2.20. The van der Waals surface area contributed by atoms with Crippen molar-refractivity contribution in [2.75, 3.05) is 26.2 Å². The minimum atomic E-state index is -0.160. The van der Waals surface area contributed by atoms with E-state index in [1.165, 1.54) is 11.6 Å². The molecule has 0 atom stereocenters. The van der Waals surface area contributed by atoms with Crippen molar-refractivity contribution in [3.63, 3.8) is 0 Å². The van der Waals surface area contributed by atoms with Crippen molar-refractivity contribution in [3.05, 3.63) is 71.5 Å². The highest BCUT2D eigenvalue weighted by molar-refractivity contribution is 5.78. The van der Waals surface area contributed by atoms with Gasteiger partial charge in [-0.15, -0.1) is 0 Å². The first-order valence-electron chi connectivity index (χ1n) is 9.46. The number of carbonyl (C=O) groups excluding carboxylic acids is 1. The quantitative estimate of drug-likeness (QED) is 0.826. The van der Waals surface area contributed by atoms with Gasteiger partial charge in [-0.2, -0.15) is 0 Å². The maximum absolute atomic E-state index is 13.3. The van der Waals surface area contributed by atoms with Gasteiger partial charge in [0.2, 0.25) is 5.91 Å². The van der Waals surface area contributed by atoms with Gasteiger partial charge in [-0.25, -0.2) is 4.39 Å². The van der Waals surface area contributed by atoms with Crippen LogP contribution in [0.5, 0.6) is 0 Å². The summed E-state index contributed by atoms with van der Waals surface area (Å²) in [5, 5.41) is 3.01. The molecule has 1 fully saturated rings. The molecule has 0 aromatic heterocycles. The Kier molecular flexibility index (Phi) is 6.78. The summed E-state index contributed by atoms with van der Waals surface area (Å²) in [6.07, 6.45) is 3.92. The summed E-state index contributed by atoms with van der Waals surface area (Å²) in [5.74, 6) is 0.519. The highest BCUT2D eigenvalue weighted by Gasteiger charge is 2.21. The van der Waals surface area contributed by atoms with Gasteiger partial charge in [0.05, 0.1) is 6.54 Å². The molecule has 1 amide bonds. The molecule has 2 aromatic carbocycles. The van der Waals surface area contributed by atoms with Gasteiger partial charge in [0.25, 0.3) is 0 Å². The molecule has 3 nitrogen and oxygen atoms in total. The number of hydrogen-bond donors (Lipinski definition) is 1. The topological polar surface area (TPSA) is 32.3 Å². The Labute approximate surface area is 155 Å². The van der Waals surface area contributed by atoms with Crippen molar-refractivity contribution in [2.24, 2.45) is 5.92 Å². The summed E-state index contributed by atoms with van der Waals surface area (Å²) in [6, 6.07) is 17.1. The van der Waals surface area contributed by atoms with E-state index in [1.54, 1.807) is 12.1 Å². The summed E-state index contributed by atoms with van der Waals surface area (Å²) < 4.78 is 13.3. The lowest BCUT2D eigenvalue weighted by atomic mass is 9.90. The van der Waals surface area contributed by atoms with Crippen LogP contribution in [-0.4, -0.2) is 37.0 Å². The molecule has 4 heteroatoms. The van der Waals surface area contributed by atoms with Crippen LogP contribution in [0.2, 0.25) is 0 Å². The number of carbonyl (C=O) groups is 1. The summed E-state index contributed by atoms with van der Waals surface area (Å²) in [6.45, 7) is 3.03. The van der Waals surface area contributed by atoms with Gasteiger partial charge in [0.1, 0.15) is 5.82 Å². The predicted octanol–water partition coefficient (Wildman–Crippen LogP) is 3.44. The first kappa shape index (κ1) is 18.6. The van der Waals surface area contributed by atoms with E-state index in [0.717, 1.165) is 44.3 Å². The Morgan fingerprint density at radius 3 is 2.50 bits per heavy atom. The normalized spacial score (nSPS) is 15.7. The summed E-state index contributed by atoms with van der Waals surface area (Å²) >= 11 is 0. The lowest BCUT2D eigenvalue weighted by molar-refractivity contribution is -0.122. The molecule has 2 aromatic rings. The SMILES string of the molecule is O=C(CN1CCC(Cc2cccc(F)c2)CC1)NCCc1ccccc1. The number of benzene rings is 2. The van der Waals surface area contributed by atoms with Gasteiger partial charge < -0.3 is 5.32 Å². The van der Waals surface area contributed by atoms with E-state index < -0.39 is 0 Å². The largest absolute Gasteiger partial charge is 0.355 e. The van der Waals surface area contributed by atoms with Gasteiger partial charge in [-0.3, -0.25) is 9.69 Å². The minimum absolute atomic E-state index is 0.101. The molecule has 1 N–H and O–H groups in total. The average molecular weight is 354 g/mol. The molecule has 0 spiro atoms. The second-order valence-corrected chi connectivity index (χ2v) is 7.14. The molecule has 138 valence electrons. The van der Waals surface area contributed by atoms with Crippen LogP contribution in [0.4, 0.5) is 4.39 Å². The maximum Gasteiger partial charge on any atom is 0.234 e. The Bertz CT molecular complexity index is 696. The van der Waals surface area contributed by atoms with Crippen molar-refractivity contribution in [1.29, 1.82) is 0 Å². The first-order valence-corrected chi connectivity index (χ1v) is 9.46. The van der Waals surface area contributed by atoms with Crippen molar-refractivity contribution < 1.29 is 9.18 Å². The molecule has 0 saturated carbocycles. The van der Waals surface area contributed by atoms with Gasteiger partial charge in [-0.1, -0.05) is 42.5 Å². The van der Waals surface area contributed by atoms with Gasteiger partial charge in [0, 0.05) is 6.54 Å². The second kappa shape index (κ2) is 9.48. The number of amides is 1. The maximum atomic E-state index is 13.3. The Morgan fingerprint density at radius 1 is 1.04 bits per heavy atom. The number of likely N-dealkylation sites (tertiary alicyclic amines) is 1. The van der Waals surface area contributed by atoms with Crippen molar-refractivity contribution in [1.82, 2.24) is 10.2 Å². The zero-order valence-corrected chi connectivity index (χ0v) is 15.2. The zero-order chi connectivity index (χ0) is 18.2. The highest BCUT2D eigenvalue weighted by Crippen LogP contribution is 2.21. The van der Waals surface area contributed by atoms with Crippen molar-refractivity contribution >= 4 is 5.91 Å². The van der Waals surface area contributed by atoms with E-state index in [0.29, 0.717) is 19.0 Å². The third-order valence-corrected chi connectivity index (χ3v) is 5.07. The Morgan fingerprint density at radius 2 is 1.77 bits per heavy atom. The number of halogens is 1. The van der Waals surface area contributed by atoms with Crippen molar-refractivity contribution in [2.45, 2.75) is 25.7 Å². The summed E-state index contributed by atoms with van der Waals surface area (Å²) in [4.78, 5) is 14.3. The van der Waals surface area contributed by atoms with Crippen LogP contribution in [0.3, 0.4) is 0 Å². The monoisotopic (exact) mass is 354 g/mol. The van der Waals surface area contributed by atoms with Crippen LogP contribution >= 0.6 is 0 Å². The molecule has 1 aliphatic rings. The van der Waals surface area contributed by atoms with Crippen LogP contribution < -0.4 is 5.32 Å². The highest BCUT2D eigenvalue weighted by atomic mass is 19.1. The minimum Gasteiger partial charge on any atom is -0.355 e. The molecule has 26 heavy (non-hydrogen) atoms. The predicted molar refractivity (Wildman–Crippen MR) is 102 cm³/mol. The third-order valence-electron chi connectivity index (χ3n) is 5.07. The van der Waals surface area contributed by atoms with E-state index >= 15 is 0 Å². The molecule has 0 aliphatic carbocycles. The lowest BCUT2D eigenvalue weighted by Gasteiger charge is -2.31. The Balaban J connectivity index is 1.33. The molecule has 1 saturated heterocycles. The number of nitrogens with zero attached hydrogens (tertiary/aromatic N) is 1. The molecule has 3 rings (SSSR count). The fourth-order valence-electron chi connectivity index (χ4n) is 3.60. The van der Waals surface area contributed by atoms with E-state index in [2.05, 4.69) is 22.3 Å². The van der Waals surface area contributed by atoms with Crippen LogP contribution in [-0.2, 0) is 17.6 Å². The number of hydrogen-bond acceptors (Lipinski definition) is 2. The molecular weight excluding hydrogens is 327 g/mol. The molecular formula is C22H27FN2O. The fraction of sp³-hybridized carbons (Fsp3) is 0.409. The van der Waals surface area contributed by atoms with Crippen LogP contribution in [0.25, 0.3) is 0 Å². The number of nitrogens with one attached hydrogen (secondary N) is 1. The van der Waals surface area contributed by atoms with E-state index in [-0.39, 0.29) is 11.7 Å². The fourth-order valence-corrected chi connectivity index (χ4v) is 3.60. The lowest BCUT2D eigenvalue weighted by Crippen LogP contribution is -2.42. The molecule has 1 aliphatic heterocycles. The number of piperidine rings is 1. The zero-order valence-electron chi connectivity index (χ0n) is 15.2. The first-order chi connectivity index (χ1) is 12.7. The summed E-state index contributed by atoms with van der Waals surface area (Å²) in [7, 11) is 0. The molecule has 0 bridgehead atoms. The van der Waals surface area contributed by atoms with Crippen molar-refractivity contribution in [3.8, 4) is 0 Å². The molecule has 1 heterocycles. The smallest absolute Gasteiger partial charge is 0.234 e.